The molecule has 0 spiro atoms. The molecule has 0 aromatic heterocycles. The van der Waals surface area contributed by atoms with E-state index in [9.17, 15) is 25.2 Å². The van der Waals surface area contributed by atoms with Crippen LogP contribution >= 0.6 is 0 Å². The number of carbonyl (C=O) groups excluding carboxylic acids is 1. The monoisotopic (exact) mass is 495 g/mol. The number of aliphatic hydroxyl groups excluding tert-OH is 4. The summed E-state index contributed by atoms with van der Waals surface area (Å²) in [5.41, 5.74) is 1.10. The molecule has 1 aromatic rings. The summed E-state index contributed by atoms with van der Waals surface area (Å²) in [6.45, 7) is 3.34. The molecule has 0 aliphatic carbocycles. The summed E-state index contributed by atoms with van der Waals surface area (Å²) in [5, 5.41) is 40.6. The standard InChI is InChI=1S/C25H41N3O7/c1-34-20-8-6-19(7-9-20)27-11-13-28(14-12-27)23(32)17-26-10-4-2-3-5-15-35-25(22(31)18-29)24(33)21(30)16-26/h6-9,21-22,24-25,29-31,33H,2-5,10-18H2,1H3/t21-,22-,24-,25-/m1/s1. The number of rotatable bonds is 6. The van der Waals surface area contributed by atoms with E-state index in [1.54, 1.807) is 7.11 Å². The third-order valence-electron chi connectivity index (χ3n) is 6.85. The third-order valence-corrected chi connectivity index (χ3v) is 6.85. The molecule has 198 valence electrons. The van der Waals surface area contributed by atoms with Gasteiger partial charge in [0.2, 0.25) is 5.91 Å². The van der Waals surface area contributed by atoms with Gasteiger partial charge in [-0.15, -0.1) is 0 Å². The minimum absolute atomic E-state index is 0.00337. The molecule has 0 bridgehead atoms. The molecule has 4 N–H and O–H groups in total. The van der Waals surface area contributed by atoms with E-state index in [1.807, 2.05) is 34.1 Å². The Labute approximate surface area is 207 Å². The van der Waals surface area contributed by atoms with Crippen LogP contribution in [0.25, 0.3) is 0 Å². The lowest BCUT2D eigenvalue weighted by Gasteiger charge is -2.37. The third kappa shape index (κ3) is 8.03. The van der Waals surface area contributed by atoms with Crippen molar-refractivity contribution in [1.82, 2.24) is 9.80 Å². The Morgan fingerprint density at radius 1 is 1.06 bits per heavy atom. The second-order valence-corrected chi connectivity index (χ2v) is 9.36. The van der Waals surface area contributed by atoms with Crippen molar-refractivity contribution in [3.05, 3.63) is 24.3 Å². The largest absolute Gasteiger partial charge is 0.497 e. The molecule has 4 atom stereocenters. The number of benzene rings is 1. The van der Waals surface area contributed by atoms with Crippen LogP contribution in [0.1, 0.15) is 25.7 Å². The van der Waals surface area contributed by atoms with Crippen molar-refractivity contribution in [1.29, 1.82) is 0 Å². The van der Waals surface area contributed by atoms with Gasteiger partial charge in [-0.2, -0.15) is 0 Å². The lowest BCUT2D eigenvalue weighted by molar-refractivity contribution is -0.148. The molecule has 10 heteroatoms. The zero-order valence-electron chi connectivity index (χ0n) is 20.7. The number of nitrogens with zero attached hydrogens (tertiary/aromatic N) is 3. The van der Waals surface area contributed by atoms with Crippen molar-refractivity contribution in [2.75, 3.05) is 71.0 Å². The Bertz CT molecular complexity index is 758. The number of piperazine rings is 1. The van der Waals surface area contributed by atoms with E-state index in [0.717, 1.165) is 50.2 Å². The first-order valence-corrected chi connectivity index (χ1v) is 12.6. The summed E-state index contributed by atoms with van der Waals surface area (Å²) in [5.74, 6) is 0.807. The number of hydrogen-bond acceptors (Lipinski definition) is 9. The molecule has 2 aliphatic rings. The predicted molar refractivity (Wildman–Crippen MR) is 132 cm³/mol. The number of anilines is 1. The van der Waals surface area contributed by atoms with E-state index >= 15 is 0 Å². The van der Waals surface area contributed by atoms with Crippen LogP contribution in [-0.2, 0) is 9.53 Å². The molecule has 35 heavy (non-hydrogen) atoms. The quantitative estimate of drug-likeness (QED) is 0.420. The molecule has 2 aliphatic heterocycles. The smallest absolute Gasteiger partial charge is 0.236 e. The number of aliphatic hydroxyl groups is 4. The van der Waals surface area contributed by atoms with Gasteiger partial charge in [-0.1, -0.05) is 12.8 Å². The molecule has 2 saturated heterocycles. The summed E-state index contributed by atoms with van der Waals surface area (Å²) in [6, 6.07) is 7.89. The number of hydrogen-bond donors (Lipinski definition) is 4. The van der Waals surface area contributed by atoms with Gasteiger partial charge in [0.15, 0.2) is 0 Å². The predicted octanol–water partition coefficient (Wildman–Crippen LogP) is -0.320. The van der Waals surface area contributed by atoms with Gasteiger partial charge in [0, 0.05) is 45.0 Å². The Hall–Kier alpha value is -1.95. The van der Waals surface area contributed by atoms with Crippen LogP contribution in [0.5, 0.6) is 5.75 Å². The Kier molecular flexibility index (Phi) is 11.0. The lowest BCUT2D eigenvalue weighted by Crippen LogP contribution is -2.54. The second-order valence-electron chi connectivity index (χ2n) is 9.36. The van der Waals surface area contributed by atoms with Gasteiger partial charge in [-0.3, -0.25) is 9.69 Å². The fourth-order valence-corrected chi connectivity index (χ4v) is 4.68. The van der Waals surface area contributed by atoms with Crippen LogP contribution in [0, 0.1) is 0 Å². The average Bonchev–Trinajstić information content (AvgIpc) is 2.88. The van der Waals surface area contributed by atoms with Gasteiger partial charge >= 0.3 is 0 Å². The summed E-state index contributed by atoms with van der Waals surface area (Å²) in [4.78, 5) is 19.0. The van der Waals surface area contributed by atoms with E-state index in [4.69, 9.17) is 9.47 Å². The molecule has 0 unspecified atom stereocenters. The van der Waals surface area contributed by atoms with Crippen molar-refractivity contribution in [3.63, 3.8) is 0 Å². The topological polar surface area (TPSA) is 126 Å². The highest BCUT2D eigenvalue weighted by Crippen LogP contribution is 2.21. The fourth-order valence-electron chi connectivity index (χ4n) is 4.68. The van der Waals surface area contributed by atoms with Crippen molar-refractivity contribution in [2.24, 2.45) is 0 Å². The maximum atomic E-state index is 13.1. The van der Waals surface area contributed by atoms with Crippen molar-refractivity contribution < 1.29 is 34.7 Å². The number of β-amino-alcohol motifs (C(OH)–C–C–N with tert-alkyl or cyclic N) is 1. The molecule has 0 radical (unpaired) electrons. The first-order valence-electron chi connectivity index (χ1n) is 12.6. The molecule has 1 aromatic carbocycles. The van der Waals surface area contributed by atoms with Crippen LogP contribution < -0.4 is 9.64 Å². The van der Waals surface area contributed by atoms with Gasteiger partial charge in [0.1, 0.15) is 24.1 Å². The van der Waals surface area contributed by atoms with Crippen LogP contribution in [0.3, 0.4) is 0 Å². The molecule has 10 nitrogen and oxygen atoms in total. The van der Waals surface area contributed by atoms with Crippen LogP contribution in [0.2, 0.25) is 0 Å². The summed E-state index contributed by atoms with van der Waals surface area (Å²) in [6.07, 6.45) is -1.45. The molecule has 3 rings (SSSR count). The van der Waals surface area contributed by atoms with E-state index in [-0.39, 0.29) is 19.0 Å². The Morgan fingerprint density at radius 2 is 1.74 bits per heavy atom. The highest BCUT2D eigenvalue weighted by atomic mass is 16.5. The minimum atomic E-state index is -1.37. The van der Waals surface area contributed by atoms with Crippen molar-refractivity contribution >= 4 is 11.6 Å². The summed E-state index contributed by atoms with van der Waals surface area (Å²) < 4.78 is 10.8. The molecular weight excluding hydrogens is 454 g/mol. The molecule has 1 amide bonds. The van der Waals surface area contributed by atoms with Crippen LogP contribution in [0.4, 0.5) is 5.69 Å². The fraction of sp³-hybridized carbons (Fsp3) is 0.720. The average molecular weight is 496 g/mol. The number of carbonyl (C=O) groups is 1. The number of methoxy groups -OCH3 is 1. The number of amides is 1. The highest BCUT2D eigenvalue weighted by molar-refractivity contribution is 5.78. The SMILES string of the molecule is COc1ccc(N2CCN(C(=O)CN3CCCCCCO[C@H]([C@H](O)CO)[C@H](O)[C@H](O)C3)CC2)cc1. The van der Waals surface area contributed by atoms with Gasteiger partial charge in [-0.25, -0.2) is 0 Å². The van der Waals surface area contributed by atoms with Gasteiger partial charge in [0.25, 0.3) is 0 Å². The van der Waals surface area contributed by atoms with Crippen molar-refractivity contribution in [3.8, 4) is 5.75 Å². The van der Waals surface area contributed by atoms with Crippen molar-refractivity contribution in [2.45, 2.75) is 50.1 Å². The van der Waals surface area contributed by atoms with Gasteiger partial charge in [0.05, 0.1) is 26.4 Å². The van der Waals surface area contributed by atoms with E-state index in [2.05, 4.69) is 4.90 Å². The molecule has 2 fully saturated rings. The zero-order valence-corrected chi connectivity index (χ0v) is 20.7. The van der Waals surface area contributed by atoms with Crippen LogP contribution in [0.15, 0.2) is 24.3 Å². The van der Waals surface area contributed by atoms with Gasteiger partial charge < -0.3 is 39.7 Å². The first-order chi connectivity index (χ1) is 16.9. The maximum absolute atomic E-state index is 13.1. The van der Waals surface area contributed by atoms with E-state index in [1.165, 1.54) is 0 Å². The zero-order chi connectivity index (χ0) is 25.2. The number of ether oxygens (including phenoxy) is 2. The first kappa shape index (κ1) is 27.6. The molecule has 2 heterocycles. The van der Waals surface area contributed by atoms with E-state index in [0.29, 0.717) is 26.2 Å². The molecule has 0 saturated carbocycles. The van der Waals surface area contributed by atoms with Gasteiger partial charge in [-0.05, 0) is 43.7 Å². The summed E-state index contributed by atoms with van der Waals surface area (Å²) in [7, 11) is 1.64. The molecular formula is C25H41N3O7. The highest BCUT2D eigenvalue weighted by Gasteiger charge is 2.34. The normalized spacial score (nSPS) is 26.5. The van der Waals surface area contributed by atoms with E-state index < -0.39 is 31.0 Å². The Balaban J connectivity index is 1.55. The minimum Gasteiger partial charge on any atom is -0.497 e. The second kappa shape index (κ2) is 14.0. The Morgan fingerprint density at radius 3 is 2.40 bits per heavy atom. The summed E-state index contributed by atoms with van der Waals surface area (Å²) >= 11 is 0. The maximum Gasteiger partial charge on any atom is 0.236 e. The lowest BCUT2D eigenvalue weighted by atomic mass is 10.0. The van der Waals surface area contributed by atoms with Crippen LogP contribution in [-0.4, -0.2) is 127 Å².